The minimum Gasteiger partial charge on any atom is -0.380 e. The van der Waals surface area contributed by atoms with Gasteiger partial charge in [0.1, 0.15) is 0 Å². The lowest BCUT2D eigenvalue weighted by Crippen LogP contribution is -2.03. The zero-order valence-electron chi connectivity index (χ0n) is 13.0. The summed E-state index contributed by atoms with van der Waals surface area (Å²) in [4.78, 5) is 5.58. The summed E-state index contributed by atoms with van der Waals surface area (Å²) in [5, 5.41) is 4.69. The molecule has 1 aromatic carbocycles. The molecule has 0 saturated carbocycles. The van der Waals surface area contributed by atoms with E-state index in [0.29, 0.717) is 11.8 Å². The molecule has 20 heavy (non-hydrogen) atoms. The largest absolute Gasteiger partial charge is 0.380 e. The Hall–Kier alpha value is -1.35. The smallest absolute Gasteiger partial charge is 0.0897 e. The van der Waals surface area contributed by atoms with Gasteiger partial charge in [-0.15, -0.1) is 11.3 Å². The van der Waals surface area contributed by atoms with Gasteiger partial charge in [-0.05, 0) is 36.0 Å². The zero-order valence-corrected chi connectivity index (χ0v) is 13.8. The predicted octanol–water partition coefficient (Wildman–Crippen LogP) is 5.31. The summed E-state index contributed by atoms with van der Waals surface area (Å²) in [7, 11) is 0. The SMILES string of the molecule is Cc1ncc(CNc2ccc(C(C)C)cc2C(C)C)s1. The van der Waals surface area contributed by atoms with Crippen molar-refractivity contribution < 1.29 is 0 Å². The quantitative estimate of drug-likeness (QED) is 0.806. The molecule has 0 radical (unpaired) electrons. The Kier molecular flexibility index (Phi) is 4.81. The number of hydrogen-bond donors (Lipinski definition) is 1. The van der Waals surface area contributed by atoms with Crippen LogP contribution in [-0.2, 0) is 6.54 Å². The lowest BCUT2D eigenvalue weighted by atomic mass is 9.94. The Morgan fingerprint density at radius 2 is 1.90 bits per heavy atom. The average Bonchev–Trinajstić information content (AvgIpc) is 2.81. The fraction of sp³-hybridized carbons (Fsp3) is 0.471. The highest BCUT2D eigenvalue weighted by Crippen LogP contribution is 2.29. The van der Waals surface area contributed by atoms with E-state index in [1.807, 2.05) is 13.1 Å². The van der Waals surface area contributed by atoms with Gasteiger partial charge in [0.15, 0.2) is 0 Å². The maximum atomic E-state index is 4.30. The minimum absolute atomic E-state index is 0.527. The summed E-state index contributed by atoms with van der Waals surface area (Å²) in [6.07, 6.45) is 1.96. The Labute approximate surface area is 126 Å². The maximum absolute atomic E-state index is 4.30. The van der Waals surface area contributed by atoms with Crippen LogP contribution in [0.5, 0.6) is 0 Å². The highest BCUT2D eigenvalue weighted by Gasteiger charge is 2.10. The van der Waals surface area contributed by atoms with Crippen LogP contribution in [0.25, 0.3) is 0 Å². The number of nitrogens with one attached hydrogen (secondary N) is 1. The summed E-state index contributed by atoms with van der Waals surface area (Å²) >= 11 is 1.76. The van der Waals surface area contributed by atoms with E-state index in [1.165, 1.54) is 21.7 Å². The summed E-state index contributed by atoms with van der Waals surface area (Å²) < 4.78 is 0. The minimum atomic E-state index is 0.527. The van der Waals surface area contributed by atoms with Crippen LogP contribution in [0.3, 0.4) is 0 Å². The van der Waals surface area contributed by atoms with Crippen LogP contribution < -0.4 is 5.32 Å². The number of nitrogens with zero attached hydrogens (tertiary/aromatic N) is 1. The van der Waals surface area contributed by atoms with Gasteiger partial charge in [0.25, 0.3) is 0 Å². The van der Waals surface area contributed by atoms with Crippen LogP contribution >= 0.6 is 11.3 Å². The molecule has 0 aliphatic carbocycles. The van der Waals surface area contributed by atoms with Gasteiger partial charge in [-0.3, -0.25) is 0 Å². The van der Waals surface area contributed by atoms with Crippen molar-refractivity contribution in [3.8, 4) is 0 Å². The van der Waals surface area contributed by atoms with E-state index in [2.05, 4.69) is 56.2 Å². The Morgan fingerprint density at radius 1 is 1.15 bits per heavy atom. The molecule has 0 aliphatic rings. The third-order valence-corrected chi connectivity index (χ3v) is 4.40. The topological polar surface area (TPSA) is 24.9 Å². The second-order valence-corrected chi connectivity index (χ2v) is 7.17. The van der Waals surface area contributed by atoms with Crippen LogP contribution in [0.4, 0.5) is 5.69 Å². The fourth-order valence-electron chi connectivity index (χ4n) is 2.25. The summed E-state index contributed by atoms with van der Waals surface area (Å²) in [5.74, 6) is 1.10. The molecule has 0 atom stereocenters. The number of thiazole rings is 1. The van der Waals surface area contributed by atoms with Crippen molar-refractivity contribution >= 4 is 17.0 Å². The van der Waals surface area contributed by atoms with Gasteiger partial charge in [-0.25, -0.2) is 4.98 Å². The second-order valence-electron chi connectivity index (χ2n) is 5.86. The number of aryl methyl sites for hydroxylation is 1. The van der Waals surface area contributed by atoms with E-state index in [9.17, 15) is 0 Å². The number of anilines is 1. The van der Waals surface area contributed by atoms with Gasteiger partial charge in [0.05, 0.1) is 11.6 Å². The van der Waals surface area contributed by atoms with Gasteiger partial charge in [0.2, 0.25) is 0 Å². The van der Waals surface area contributed by atoms with Crippen molar-refractivity contribution in [3.63, 3.8) is 0 Å². The number of rotatable bonds is 5. The lowest BCUT2D eigenvalue weighted by molar-refractivity contribution is 0.833. The van der Waals surface area contributed by atoms with Crippen molar-refractivity contribution in [2.75, 3.05) is 5.32 Å². The van der Waals surface area contributed by atoms with Crippen LogP contribution in [-0.4, -0.2) is 4.98 Å². The molecule has 0 aliphatic heterocycles. The second kappa shape index (κ2) is 6.40. The van der Waals surface area contributed by atoms with Crippen LogP contribution in [0, 0.1) is 6.92 Å². The molecule has 0 bridgehead atoms. The third kappa shape index (κ3) is 3.60. The first kappa shape index (κ1) is 15.0. The molecule has 0 saturated heterocycles. The molecule has 2 aromatic rings. The lowest BCUT2D eigenvalue weighted by Gasteiger charge is -2.17. The molecule has 3 heteroatoms. The highest BCUT2D eigenvalue weighted by atomic mass is 32.1. The van der Waals surface area contributed by atoms with Crippen LogP contribution in [0.15, 0.2) is 24.4 Å². The normalized spacial score (nSPS) is 11.3. The maximum Gasteiger partial charge on any atom is 0.0897 e. The first-order chi connectivity index (χ1) is 9.47. The van der Waals surface area contributed by atoms with Crippen molar-refractivity contribution in [2.24, 2.45) is 0 Å². The van der Waals surface area contributed by atoms with Crippen molar-refractivity contribution in [3.05, 3.63) is 45.4 Å². The van der Waals surface area contributed by atoms with Crippen molar-refractivity contribution in [2.45, 2.75) is 53.0 Å². The summed E-state index contributed by atoms with van der Waals surface area (Å²) in [5.41, 5.74) is 4.06. The molecule has 108 valence electrons. The highest BCUT2D eigenvalue weighted by molar-refractivity contribution is 7.11. The predicted molar refractivity (Wildman–Crippen MR) is 88.8 cm³/mol. The van der Waals surface area contributed by atoms with Gasteiger partial charge in [-0.1, -0.05) is 39.8 Å². The standard InChI is InChI=1S/C17H24N2S/c1-11(2)14-6-7-17(16(8-14)12(3)4)19-10-15-9-18-13(5)20-15/h6-9,11-12,19H,10H2,1-5H3. The monoisotopic (exact) mass is 288 g/mol. The molecule has 2 nitrogen and oxygen atoms in total. The van der Waals surface area contributed by atoms with E-state index in [4.69, 9.17) is 0 Å². The van der Waals surface area contributed by atoms with E-state index in [1.54, 1.807) is 11.3 Å². The Morgan fingerprint density at radius 3 is 2.45 bits per heavy atom. The number of aromatic nitrogens is 1. The van der Waals surface area contributed by atoms with Gasteiger partial charge in [-0.2, -0.15) is 0 Å². The van der Waals surface area contributed by atoms with E-state index >= 15 is 0 Å². The molecule has 1 aromatic heterocycles. The van der Waals surface area contributed by atoms with Crippen LogP contribution in [0.2, 0.25) is 0 Å². The molecular weight excluding hydrogens is 264 g/mol. The Bertz CT molecular complexity index is 570. The van der Waals surface area contributed by atoms with Gasteiger partial charge >= 0.3 is 0 Å². The number of hydrogen-bond acceptors (Lipinski definition) is 3. The first-order valence-corrected chi connectivity index (χ1v) is 8.08. The van der Waals surface area contributed by atoms with Gasteiger partial charge in [0, 0.05) is 16.8 Å². The third-order valence-electron chi connectivity index (χ3n) is 3.49. The summed E-state index contributed by atoms with van der Waals surface area (Å²) in [6, 6.07) is 6.80. The Balaban J connectivity index is 2.18. The number of benzene rings is 1. The molecule has 0 amide bonds. The average molecular weight is 288 g/mol. The first-order valence-electron chi connectivity index (χ1n) is 7.26. The molecule has 0 unspecified atom stereocenters. The molecule has 0 spiro atoms. The molecule has 1 N–H and O–H groups in total. The molecule has 1 heterocycles. The van der Waals surface area contributed by atoms with Crippen molar-refractivity contribution in [1.29, 1.82) is 0 Å². The zero-order chi connectivity index (χ0) is 14.7. The fourth-order valence-corrected chi connectivity index (χ4v) is 2.98. The summed E-state index contributed by atoms with van der Waals surface area (Å²) in [6.45, 7) is 11.9. The van der Waals surface area contributed by atoms with Crippen molar-refractivity contribution in [1.82, 2.24) is 4.98 Å². The van der Waals surface area contributed by atoms with Gasteiger partial charge < -0.3 is 5.32 Å². The molecule has 2 rings (SSSR count). The van der Waals surface area contributed by atoms with Crippen LogP contribution in [0.1, 0.15) is 60.5 Å². The van der Waals surface area contributed by atoms with E-state index in [0.717, 1.165) is 11.6 Å². The molecule has 0 fully saturated rings. The molecular formula is C17H24N2S. The van der Waals surface area contributed by atoms with E-state index in [-0.39, 0.29) is 0 Å². The van der Waals surface area contributed by atoms with E-state index < -0.39 is 0 Å².